The lowest BCUT2D eigenvalue weighted by molar-refractivity contribution is -0.115. The smallest absolute Gasteiger partial charge is 0.228 e. The lowest BCUT2D eigenvalue weighted by Crippen LogP contribution is -2.15. The van der Waals surface area contributed by atoms with Crippen LogP contribution in [-0.4, -0.2) is 5.91 Å². The molecule has 4 heteroatoms. The van der Waals surface area contributed by atoms with Crippen LogP contribution >= 0.6 is 0 Å². The largest absolute Gasteiger partial charge is 0.399 e. The maximum absolute atomic E-state index is 12.9. The van der Waals surface area contributed by atoms with Crippen LogP contribution in [-0.2, 0) is 11.2 Å². The molecule has 2 aromatic carbocycles. The molecule has 0 bridgehead atoms. The number of aryl methyl sites for hydroxylation is 1. The van der Waals surface area contributed by atoms with Gasteiger partial charge in [0.2, 0.25) is 5.91 Å². The maximum atomic E-state index is 12.9. The normalized spacial score (nSPS) is 10.2. The first-order chi connectivity index (χ1) is 9.04. The molecule has 3 N–H and O–H groups in total. The first-order valence-electron chi connectivity index (χ1n) is 5.95. The molecule has 0 spiro atoms. The Hall–Kier alpha value is -2.36. The number of amides is 1. The highest BCUT2D eigenvalue weighted by atomic mass is 19.1. The lowest BCUT2D eigenvalue weighted by atomic mass is 10.1. The molecule has 0 unspecified atom stereocenters. The van der Waals surface area contributed by atoms with Crippen molar-refractivity contribution in [2.45, 2.75) is 13.3 Å². The molecular weight excluding hydrogens is 243 g/mol. The van der Waals surface area contributed by atoms with Crippen molar-refractivity contribution in [3.63, 3.8) is 0 Å². The van der Waals surface area contributed by atoms with Crippen LogP contribution in [0.4, 0.5) is 15.8 Å². The van der Waals surface area contributed by atoms with E-state index in [0.29, 0.717) is 16.9 Å². The maximum Gasteiger partial charge on any atom is 0.228 e. The minimum Gasteiger partial charge on any atom is -0.399 e. The molecule has 0 radical (unpaired) electrons. The Morgan fingerprint density at radius 3 is 2.74 bits per heavy atom. The molecule has 2 rings (SSSR count). The van der Waals surface area contributed by atoms with Gasteiger partial charge in [-0.05, 0) is 48.4 Å². The van der Waals surface area contributed by atoms with Crippen LogP contribution in [0.1, 0.15) is 11.1 Å². The van der Waals surface area contributed by atoms with E-state index < -0.39 is 0 Å². The van der Waals surface area contributed by atoms with Crippen LogP contribution in [0, 0.1) is 12.7 Å². The Labute approximate surface area is 111 Å². The van der Waals surface area contributed by atoms with Gasteiger partial charge < -0.3 is 11.1 Å². The van der Waals surface area contributed by atoms with E-state index in [1.54, 1.807) is 31.2 Å². The molecule has 0 atom stereocenters. The molecule has 0 aliphatic carbocycles. The molecular formula is C15H15FN2O. The van der Waals surface area contributed by atoms with Crippen molar-refractivity contribution in [1.82, 2.24) is 0 Å². The van der Waals surface area contributed by atoms with Gasteiger partial charge in [0.25, 0.3) is 0 Å². The number of nitrogens with one attached hydrogen (secondary N) is 1. The van der Waals surface area contributed by atoms with Gasteiger partial charge in [-0.2, -0.15) is 0 Å². The molecule has 0 saturated carbocycles. The number of hydrogen-bond acceptors (Lipinski definition) is 2. The second-order valence-electron chi connectivity index (χ2n) is 4.43. The predicted molar refractivity (Wildman–Crippen MR) is 74.3 cm³/mol. The number of anilines is 2. The van der Waals surface area contributed by atoms with E-state index in [2.05, 4.69) is 5.32 Å². The monoisotopic (exact) mass is 258 g/mol. The van der Waals surface area contributed by atoms with Crippen molar-refractivity contribution in [2.24, 2.45) is 0 Å². The van der Waals surface area contributed by atoms with Gasteiger partial charge in [-0.25, -0.2) is 4.39 Å². The lowest BCUT2D eigenvalue weighted by Gasteiger charge is -2.08. The molecule has 0 aliphatic rings. The van der Waals surface area contributed by atoms with E-state index in [1.165, 1.54) is 12.1 Å². The quantitative estimate of drug-likeness (QED) is 0.832. The fourth-order valence-electron chi connectivity index (χ4n) is 1.85. The van der Waals surface area contributed by atoms with Crippen molar-refractivity contribution in [3.8, 4) is 0 Å². The van der Waals surface area contributed by atoms with Gasteiger partial charge in [0.15, 0.2) is 0 Å². The Morgan fingerprint density at radius 2 is 2.05 bits per heavy atom. The summed E-state index contributed by atoms with van der Waals surface area (Å²) in [5.41, 5.74) is 8.44. The van der Waals surface area contributed by atoms with Crippen LogP contribution in [0.5, 0.6) is 0 Å². The third kappa shape index (κ3) is 3.55. The molecule has 0 fully saturated rings. The van der Waals surface area contributed by atoms with Crippen LogP contribution in [0.25, 0.3) is 0 Å². The van der Waals surface area contributed by atoms with Crippen molar-refractivity contribution in [1.29, 1.82) is 0 Å². The van der Waals surface area contributed by atoms with Gasteiger partial charge in [0, 0.05) is 11.4 Å². The van der Waals surface area contributed by atoms with E-state index >= 15 is 0 Å². The molecule has 0 heterocycles. The minimum absolute atomic E-state index is 0.152. The molecule has 98 valence electrons. The van der Waals surface area contributed by atoms with Gasteiger partial charge in [0.05, 0.1) is 6.42 Å². The van der Waals surface area contributed by atoms with Gasteiger partial charge in [-0.1, -0.05) is 12.1 Å². The number of nitrogens with two attached hydrogens (primary N) is 1. The van der Waals surface area contributed by atoms with E-state index in [-0.39, 0.29) is 18.1 Å². The predicted octanol–water partition coefficient (Wildman–Crippen LogP) is 2.90. The average molecular weight is 258 g/mol. The van der Waals surface area contributed by atoms with Crippen LogP contribution < -0.4 is 11.1 Å². The molecule has 0 aromatic heterocycles. The Balaban J connectivity index is 2.05. The second kappa shape index (κ2) is 5.52. The summed E-state index contributed by atoms with van der Waals surface area (Å²) < 4.78 is 12.9. The summed E-state index contributed by atoms with van der Waals surface area (Å²) in [5.74, 6) is -0.466. The summed E-state index contributed by atoms with van der Waals surface area (Å²) in [6, 6.07) is 11.4. The van der Waals surface area contributed by atoms with Gasteiger partial charge in [0.1, 0.15) is 5.82 Å². The van der Waals surface area contributed by atoms with Crippen LogP contribution in [0.3, 0.4) is 0 Å². The van der Waals surface area contributed by atoms with E-state index in [9.17, 15) is 9.18 Å². The molecule has 3 nitrogen and oxygen atoms in total. The topological polar surface area (TPSA) is 55.1 Å². The summed E-state index contributed by atoms with van der Waals surface area (Å²) in [4.78, 5) is 11.9. The molecule has 0 aliphatic heterocycles. The second-order valence-corrected chi connectivity index (χ2v) is 4.43. The zero-order valence-electron chi connectivity index (χ0n) is 10.6. The summed E-state index contributed by atoms with van der Waals surface area (Å²) in [5, 5.41) is 2.76. The highest BCUT2D eigenvalue weighted by Crippen LogP contribution is 2.16. The summed E-state index contributed by atoms with van der Waals surface area (Å²) in [6.45, 7) is 1.75. The Kier molecular flexibility index (Phi) is 3.80. The SMILES string of the molecule is Cc1cc(F)ccc1NC(=O)Cc1cccc(N)c1. The average Bonchev–Trinajstić information content (AvgIpc) is 2.33. The Bertz CT molecular complexity index is 611. The summed E-state index contributed by atoms with van der Waals surface area (Å²) in [7, 11) is 0. The van der Waals surface area contributed by atoms with E-state index in [4.69, 9.17) is 5.73 Å². The van der Waals surface area contributed by atoms with Crippen LogP contribution in [0.15, 0.2) is 42.5 Å². The van der Waals surface area contributed by atoms with Gasteiger partial charge in [-0.3, -0.25) is 4.79 Å². The number of halogens is 1. The number of nitrogen functional groups attached to an aromatic ring is 1. The fraction of sp³-hybridized carbons (Fsp3) is 0.133. The number of rotatable bonds is 3. The molecule has 1 amide bonds. The number of carbonyl (C=O) groups excluding carboxylic acids is 1. The summed E-state index contributed by atoms with van der Waals surface area (Å²) in [6.07, 6.45) is 0.238. The number of hydrogen-bond donors (Lipinski definition) is 2. The molecule has 2 aromatic rings. The first kappa shape index (κ1) is 13.1. The zero-order valence-corrected chi connectivity index (χ0v) is 10.6. The zero-order chi connectivity index (χ0) is 13.8. The third-order valence-corrected chi connectivity index (χ3v) is 2.78. The minimum atomic E-state index is -0.314. The third-order valence-electron chi connectivity index (χ3n) is 2.78. The standard InChI is InChI=1S/C15H15FN2O/c1-10-7-12(16)5-6-14(10)18-15(19)9-11-3-2-4-13(17)8-11/h2-8H,9,17H2,1H3,(H,18,19). The number of benzene rings is 2. The Morgan fingerprint density at radius 1 is 1.26 bits per heavy atom. The van der Waals surface area contributed by atoms with Crippen molar-refractivity contribution < 1.29 is 9.18 Å². The highest BCUT2D eigenvalue weighted by Gasteiger charge is 2.06. The highest BCUT2D eigenvalue weighted by molar-refractivity contribution is 5.93. The fourth-order valence-corrected chi connectivity index (χ4v) is 1.85. The number of carbonyl (C=O) groups is 1. The molecule has 0 saturated heterocycles. The van der Waals surface area contributed by atoms with Gasteiger partial charge in [-0.15, -0.1) is 0 Å². The van der Waals surface area contributed by atoms with Crippen molar-refractivity contribution >= 4 is 17.3 Å². The van der Waals surface area contributed by atoms with Gasteiger partial charge >= 0.3 is 0 Å². The first-order valence-corrected chi connectivity index (χ1v) is 5.95. The molecule has 19 heavy (non-hydrogen) atoms. The van der Waals surface area contributed by atoms with E-state index in [1.807, 2.05) is 6.07 Å². The van der Waals surface area contributed by atoms with Crippen molar-refractivity contribution in [3.05, 3.63) is 59.4 Å². The van der Waals surface area contributed by atoms with E-state index in [0.717, 1.165) is 5.56 Å². The van der Waals surface area contributed by atoms with Crippen LogP contribution in [0.2, 0.25) is 0 Å². The summed E-state index contributed by atoms with van der Waals surface area (Å²) >= 11 is 0. The van der Waals surface area contributed by atoms with Crippen molar-refractivity contribution in [2.75, 3.05) is 11.1 Å².